The van der Waals surface area contributed by atoms with E-state index in [0.29, 0.717) is 29.3 Å². The molecule has 0 bridgehead atoms. The second kappa shape index (κ2) is 12.5. The lowest BCUT2D eigenvalue weighted by Crippen LogP contribution is -2.56. The number of tetrazole rings is 1. The number of hydrogen-bond donors (Lipinski definition) is 3. The van der Waals surface area contributed by atoms with Crippen LogP contribution in [0.5, 0.6) is 0 Å². The van der Waals surface area contributed by atoms with Crippen molar-refractivity contribution >= 4 is 35.5 Å². The van der Waals surface area contributed by atoms with Crippen LogP contribution >= 0.6 is 11.6 Å². The number of nitrogens with one attached hydrogen (secondary N) is 2. The number of nitrogens with zero attached hydrogens (tertiary/aromatic N) is 5. The molecule has 1 saturated carbocycles. The van der Waals surface area contributed by atoms with E-state index < -0.39 is 53.1 Å². The van der Waals surface area contributed by atoms with Crippen molar-refractivity contribution in [2.75, 3.05) is 6.54 Å². The summed E-state index contributed by atoms with van der Waals surface area (Å²) in [5.41, 5.74) is -1.55. The zero-order valence-electron chi connectivity index (χ0n) is 25.0. The number of rotatable bonds is 4. The Hall–Kier alpha value is -4.00. The van der Waals surface area contributed by atoms with Crippen LogP contribution in [0.25, 0.3) is 11.4 Å². The Bertz CT molecular complexity index is 1460. The lowest BCUT2D eigenvalue weighted by Gasteiger charge is -2.30. The lowest BCUT2D eigenvalue weighted by molar-refractivity contribution is -0.145. The van der Waals surface area contributed by atoms with Crippen molar-refractivity contribution in [1.82, 2.24) is 35.7 Å². The fourth-order valence-corrected chi connectivity index (χ4v) is 6.01. The molecule has 0 spiro atoms. The van der Waals surface area contributed by atoms with E-state index >= 15 is 0 Å². The molecule has 13 nitrogen and oxygen atoms in total. The van der Waals surface area contributed by atoms with Crippen molar-refractivity contribution in [2.24, 2.45) is 5.92 Å². The monoisotopic (exact) mass is 627 g/mol. The van der Waals surface area contributed by atoms with Crippen molar-refractivity contribution in [2.45, 2.75) is 95.0 Å². The number of ether oxygens (including phenoxy) is 1. The van der Waals surface area contributed by atoms with Gasteiger partial charge in [-0.15, -0.1) is 10.2 Å². The van der Waals surface area contributed by atoms with Gasteiger partial charge in [0.2, 0.25) is 17.6 Å². The number of carbonyl (C=O) groups excluding carboxylic acids is 3. The van der Waals surface area contributed by atoms with Gasteiger partial charge in [0.15, 0.2) is 0 Å². The van der Waals surface area contributed by atoms with Crippen LogP contribution in [0.15, 0.2) is 36.4 Å². The Morgan fingerprint density at radius 3 is 2.73 bits per heavy atom. The predicted octanol–water partition coefficient (Wildman–Crippen LogP) is 3.51. The lowest BCUT2D eigenvalue weighted by atomic mass is 10.0. The summed E-state index contributed by atoms with van der Waals surface area (Å²) in [5, 5.41) is 28.9. The van der Waals surface area contributed by atoms with Crippen LogP contribution in [-0.4, -0.2) is 83.9 Å². The summed E-state index contributed by atoms with van der Waals surface area (Å²) in [6, 6.07) is 4.48. The van der Waals surface area contributed by atoms with Gasteiger partial charge in [-0.3, -0.25) is 9.59 Å². The van der Waals surface area contributed by atoms with Gasteiger partial charge in [-0.1, -0.05) is 48.7 Å². The maximum Gasteiger partial charge on any atom is 0.408 e. The quantitative estimate of drug-likeness (QED) is 0.429. The molecule has 1 aromatic heterocycles. The van der Waals surface area contributed by atoms with Crippen LogP contribution in [0, 0.1) is 5.92 Å². The normalized spacial score (nSPS) is 27.8. The van der Waals surface area contributed by atoms with E-state index in [1.807, 2.05) is 12.2 Å². The largest absolute Gasteiger partial charge is 0.479 e. The molecule has 0 unspecified atom stereocenters. The van der Waals surface area contributed by atoms with E-state index in [1.54, 1.807) is 45.0 Å². The maximum absolute atomic E-state index is 14.1. The number of aromatic nitrogens is 4. The summed E-state index contributed by atoms with van der Waals surface area (Å²) >= 11 is 6.13. The Morgan fingerprint density at radius 1 is 1.20 bits per heavy atom. The first kappa shape index (κ1) is 31.4. The highest BCUT2D eigenvalue weighted by molar-refractivity contribution is 6.30. The van der Waals surface area contributed by atoms with Gasteiger partial charge >= 0.3 is 12.1 Å². The van der Waals surface area contributed by atoms with E-state index in [0.717, 1.165) is 19.3 Å². The van der Waals surface area contributed by atoms with Crippen molar-refractivity contribution in [3.05, 3.63) is 41.4 Å². The molecule has 0 radical (unpaired) electrons. The molecule has 236 valence electrons. The van der Waals surface area contributed by atoms with Crippen LogP contribution < -0.4 is 10.6 Å². The molecule has 1 saturated heterocycles. The third kappa shape index (κ3) is 7.03. The Labute approximate surface area is 260 Å². The fraction of sp³-hybridized carbons (Fsp3) is 0.567. The molecule has 2 aliphatic heterocycles. The molecule has 5 atom stereocenters. The van der Waals surface area contributed by atoms with Crippen LogP contribution in [0.3, 0.4) is 0 Å². The van der Waals surface area contributed by atoms with Gasteiger partial charge in [-0.05, 0) is 63.8 Å². The molecule has 2 fully saturated rings. The molecule has 3 aliphatic rings. The number of carboxylic acid groups (broad SMARTS) is 1. The van der Waals surface area contributed by atoms with Crippen LogP contribution in [-0.2, 0) is 19.1 Å². The molecule has 3 heterocycles. The molecule has 3 amide bonds. The number of hydrogen-bond acceptors (Lipinski definition) is 8. The summed E-state index contributed by atoms with van der Waals surface area (Å²) in [6.07, 6.45) is 6.86. The summed E-state index contributed by atoms with van der Waals surface area (Å²) in [6.45, 7) is 5.25. The summed E-state index contributed by atoms with van der Waals surface area (Å²) in [7, 11) is 0. The first-order valence-electron chi connectivity index (χ1n) is 14.9. The average Bonchev–Trinajstić information content (AvgIpc) is 3.27. The van der Waals surface area contributed by atoms with Crippen molar-refractivity contribution in [1.29, 1.82) is 0 Å². The molecular formula is C30H38ClN7O6. The first-order chi connectivity index (χ1) is 20.9. The number of amides is 3. The number of halogens is 1. The van der Waals surface area contributed by atoms with Crippen molar-refractivity contribution in [3.63, 3.8) is 0 Å². The minimum atomic E-state index is -1.43. The summed E-state index contributed by atoms with van der Waals surface area (Å²) in [4.78, 5) is 55.8. The Balaban J connectivity index is 1.44. The topological polar surface area (TPSA) is 169 Å². The summed E-state index contributed by atoms with van der Waals surface area (Å²) in [5.74, 6) is -2.17. The second-order valence-corrected chi connectivity index (χ2v) is 13.1. The highest BCUT2D eigenvalue weighted by Gasteiger charge is 2.61. The van der Waals surface area contributed by atoms with Gasteiger partial charge in [-0.25, -0.2) is 9.59 Å². The minimum Gasteiger partial charge on any atom is -0.479 e. The third-order valence-corrected chi connectivity index (χ3v) is 8.40. The van der Waals surface area contributed by atoms with Crippen molar-refractivity contribution < 1.29 is 29.0 Å². The van der Waals surface area contributed by atoms with Crippen LogP contribution in [0.4, 0.5) is 4.79 Å². The summed E-state index contributed by atoms with van der Waals surface area (Å²) < 4.78 is 5.43. The number of fused-ring (bicyclic) bond motifs is 2. The van der Waals surface area contributed by atoms with E-state index in [9.17, 15) is 24.3 Å². The SMILES string of the molecule is CC(C)(C)OC(=O)N[C@H]1CCCCCC=C[C@@H]2C[C@@]2(C(=O)O)NC(=O)[C@@H]2C[C@@H](n3nnc(-c4cccc(Cl)c4)n3)CN2C1=O. The van der Waals surface area contributed by atoms with E-state index in [2.05, 4.69) is 26.0 Å². The molecular weight excluding hydrogens is 590 g/mol. The molecule has 14 heteroatoms. The molecule has 1 aromatic carbocycles. The number of alkyl carbamates (subject to hydrolysis) is 1. The van der Waals surface area contributed by atoms with Gasteiger partial charge in [0.25, 0.3) is 0 Å². The number of benzene rings is 1. The molecule has 44 heavy (non-hydrogen) atoms. The Kier molecular flexibility index (Phi) is 8.96. The molecule has 1 aliphatic carbocycles. The molecule has 2 aromatic rings. The molecule has 5 rings (SSSR count). The van der Waals surface area contributed by atoms with Crippen molar-refractivity contribution in [3.8, 4) is 11.4 Å². The van der Waals surface area contributed by atoms with E-state index in [4.69, 9.17) is 16.3 Å². The fourth-order valence-electron chi connectivity index (χ4n) is 5.82. The smallest absolute Gasteiger partial charge is 0.408 e. The van der Waals surface area contributed by atoms with E-state index in [1.165, 1.54) is 9.70 Å². The minimum absolute atomic E-state index is 0.0537. The van der Waals surface area contributed by atoms with Gasteiger partial charge in [0, 0.05) is 29.5 Å². The first-order valence-corrected chi connectivity index (χ1v) is 15.3. The zero-order valence-corrected chi connectivity index (χ0v) is 25.8. The van der Waals surface area contributed by atoms with Gasteiger partial charge in [0.05, 0.1) is 6.04 Å². The molecule has 3 N–H and O–H groups in total. The second-order valence-electron chi connectivity index (χ2n) is 12.7. The zero-order chi connectivity index (χ0) is 31.6. The highest BCUT2D eigenvalue weighted by Crippen LogP contribution is 2.45. The van der Waals surface area contributed by atoms with Gasteiger partial charge in [-0.2, -0.15) is 4.80 Å². The van der Waals surface area contributed by atoms with Gasteiger partial charge in [0.1, 0.15) is 23.2 Å². The number of carboxylic acids is 1. The standard InChI is InChI=1S/C30H38ClN7O6/c1-29(2,3)44-28(43)32-22-13-8-6-4-5-7-11-19-16-30(19,27(41)42)33-25(39)23-15-21(17-37(23)26(22)40)38-35-24(34-36-38)18-10-9-12-20(31)14-18/h7,9-12,14,19,21-23H,4-6,8,13,15-17H2,1-3H3,(H,32,43)(H,33,39)(H,41,42)/t19-,21-,22+,23+,30-/m1/s1. The predicted molar refractivity (Wildman–Crippen MR) is 159 cm³/mol. The van der Waals surface area contributed by atoms with E-state index in [-0.39, 0.29) is 25.3 Å². The number of allylic oxidation sites excluding steroid dienone is 1. The maximum atomic E-state index is 14.1. The van der Waals surface area contributed by atoms with Crippen LogP contribution in [0.2, 0.25) is 5.02 Å². The number of aliphatic carboxylic acids is 1. The third-order valence-electron chi connectivity index (χ3n) is 8.17. The van der Waals surface area contributed by atoms with Crippen LogP contribution in [0.1, 0.15) is 71.8 Å². The average molecular weight is 628 g/mol. The Morgan fingerprint density at radius 2 is 2.00 bits per heavy atom. The number of carbonyl (C=O) groups is 4. The van der Waals surface area contributed by atoms with Gasteiger partial charge < -0.3 is 25.4 Å². The highest BCUT2D eigenvalue weighted by atomic mass is 35.5.